The van der Waals surface area contributed by atoms with Crippen LogP contribution in [0.1, 0.15) is 24.6 Å². The summed E-state index contributed by atoms with van der Waals surface area (Å²) in [7, 11) is 0. The Morgan fingerprint density at radius 1 is 1.58 bits per heavy atom. The number of rotatable bonds is 1. The summed E-state index contributed by atoms with van der Waals surface area (Å²) in [5.41, 5.74) is 5.39. The number of H-pyrrole nitrogens is 1. The Morgan fingerprint density at radius 2 is 2.50 bits per heavy atom. The normalized spacial score (nSPS) is 24.2. The standard InChI is InChI=1S/C7H12N4O/c8-7-9-6(10-11-7)5-2-1-3-12-4-5/h5H,1-4H2,(H3,8,9,10,11). The van der Waals surface area contributed by atoms with Crippen molar-refractivity contribution in [3.8, 4) is 0 Å². The highest BCUT2D eigenvalue weighted by molar-refractivity contribution is 5.14. The van der Waals surface area contributed by atoms with Crippen LogP contribution < -0.4 is 5.73 Å². The summed E-state index contributed by atoms with van der Waals surface area (Å²) in [6.45, 7) is 1.59. The van der Waals surface area contributed by atoms with Gasteiger partial charge in [0.05, 0.1) is 6.61 Å². The van der Waals surface area contributed by atoms with Crippen molar-refractivity contribution in [2.45, 2.75) is 18.8 Å². The highest BCUT2D eigenvalue weighted by Gasteiger charge is 2.18. The molecule has 1 fully saturated rings. The number of nitrogens with zero attached hydrogens (tertiary/aromatic N) is 2. The zero-order valence-electron chi connectivity index (χ0n) is 6.79. The summed E-state index contributed by atoms with van der Waals surface area (Å²) in [5, 5.41) is 6.59. The molecule has 0 saturated carbocycles. The van der Waals surface area contributed by atoms with Crippen LogP contribution in [0, 0.1) is 0 Å². The average Bonchev–Trinajstić information content (AvgIpc) is 2.54. The van der Waals surface area contributed by atoms with Crippen LogP contribution in [-0.2, 0) is 4.74 Å². The van der Waals surface area contributed by atoms with Gasteiger partial charge in [0.1, 0.15) is 5.82 Å². The van der Waals surface area contributed by atoms with Crippen molar-refractivity contribution in [2.75, 3.05) is 18.9 Å². The van der Waals surface area contributed by atoms with Gasteiger partial charge in [-0.3, -0.25) is 5.10 Å². The molecule has 1 aromatic heterocycles. The third-order valence-electron chi connectivity index (χ3n) is 2.07. The Morgan fingerprint density at radius 3 is 3.08 bits per heavy atom. The molecule has 1 aliphatic rings. The second kappa shape index (κ2) is 3.10. The molecule has 0 spiro atoms. The van der Waals surface area contributed by atoms with Gasteiger partial charge < -0.3 is 10.5 Å². The monoisotopic (exact) mass is 168 g/mol. The Balaban J connectivity index is 2.08. The molecule has 12 heavy (non-hydrogen) atoms. The van der Waals surface area contributed by atoms with Crippen LogP contribution >= 0.6 is 0 Å². The van der Waals surface area contributed by atoms with Gasteiger partial charge in [-0.2, -0.15) is 4.98 Å². The molecule has 3 N–H and O–H groups in total. The van der Waals surface area contributed by atoms with E-state index >= 15 is 0 Å². The van der Waals surface area contributed by atoms with Gasteiger partial charge in [-0.05, 0) is 12.8 Å². The van der Waals surface area contributed by atoms with Gasteiger partial charge >= 0.3 is 0 Å². The smallest absolute Gasteiger partial charge is 0.239 e. The molecule has 5 heteroatoms. The fourth-order valence-corrected chi connectivity index (χ4v) is 1.43. The van der Waals surface area contributed by atoms with E-state index in [1.165, 1.54) is 0 Å². The van der Waals surface area contributed by atoms with E-state index in [-0.39, 0.29) is 0 Å². The van der Waals surface area contributed by atoms with Crippen molar-refractivity contribution < 1.29 is 4.74 Å². The maximum atomic E-state index is 5.39. The summed E-state index contributed by atoms with van der Waals surface area (Å²) in [6, 6.07) is 0. The van der Waals surface area contributed by atoms with E-state index in [2.05, 4.69) is 15.2 Å². The molecule has 2 rings (SSSR count). The summed E-state index contributed by atoms with van der Waals surface area (Å²) < 4.78 is 5.32. The molecule has 5 nitrogen and oxygen atoms in total. The van der Waals surface area contributed by atoms with E-state index in [0.29, 0.717) is 11.9 Å². The van der Waals surface area contributed by atoms with Crippen molar-refractivity contribution in [2.24, 2.45) is 0 Å². The summed E-state index contributed by atoms with van der Waals surface area (Å²) in [6.07, 6.45) is 2.19. The minimum absolute atomic E-state index is 0.315. The molecule has 1 aromatic rings. The predicted molar refractivity (Wildman–Crippen MR) is 43.6 cm³/mol. The van der Waals surface area contributed by atoms with Gasteiger partial charge in [-0.25, -0.2) is 0 Å². The van der Waals surface area contributed by atoms with E-state index in [1.807, 2.05) is 0 Å². The molecule has 0 aliphatic carbocycles. The van der Waals surface area contributed by atoms with Gasteiger partial charge in [-0.15, -0.1) is 5.10 Å². The molecule has 1 aliphatic heterocycles. The van der Waals surface area contributed by atoms with Crippen LogP contribution in [-0.4, -0.2) is 28.4 Å². The molecule has 66 valence electrons. The number of aromatic amines is 1. The highest BCUT2D eigenvalue weighted by atomic mass is 16.5. The first-order chi connectivity index (χ1) is 5.86. The van der Waals surface area contributed by atoms with Crippen molar-refractivity contribution in [3.05, 3.63) is 5.82 Å². The van der Waals surface area contributed by atoms with Crippen molar-refractivity contribution in [1.29, 1.82) is 0 Å². The maximum absolute atomic E-state index is 5.39. The number of nitrogen functional groups attached to an aromatic ring is 1. The minimum atomic E-state index is 0.315. The minimum Gasteiger partial charge on any atom is -0.381 e. The lowest BCUT2D eigenvalue weighted by Crippen LogP contribution is -2.16. The Bertz CT molecular complexity index is 254. The quantitative estimate of drug-likeness (QED) is 0.631. The molecule has 0 radical (unpaired) electrons. The Hall–Kier alpha value is -1.10. The lowest BCUT2D eigenvalue weighted by molar-refractivity contribution is 0.0782. The molecule has 1 atom stereocenters. The molecule has 1 unspecified atom stereocenters. The lowest BCUT2D eigenvalue weighted by atomic mass is 10.0. The Kier molecular flexibility index (Phi) is 1.95. The van der Waals surface area contributed by atoms with Gasteiger partial charge in [0, 0.05) is 12.5 Å². The third-order valence-corrected chi connectivity index (χ3v) is 2.07. The van der Waals surface area contributed by atoms with Gasteiger partial charge in [0.25, 0.3) is 0 Å². The summed E-state index contributed by atoms with van der Waals surface area (Å²) in [4.78, 5) is 4.07. The zero-order chi connectivity index (χ0) is 8.39. The number of nitrogens with two attached hydrogens (primary N) is 1. The first kappa shape index (κ1) is 7.54. The molecule has 1 saturated heterocycles. The van der Waals surface area contributed by atoms with Crippen LogP contribution in [0.25, 0.3) is 0 Å². The zero-order valence-corrected chi connectivity index (χ0v) is 6.79. The van der Waals surface area contributed by atoms with Gasteiger partial charge in [0.15, 0.2) is 0 Å². The van der Waals surface area contributed by atoms with Crippen LogP contribution in [0.3, 0.4) is 0 Å². The number of aromatic nitrogens is 3. The molecule has 0 bridgehead atoms. The van der Waals surface area contributed by atoms with Gasteiger partial charge in [0.2, 0.25) is 5.95 Å². The van der Waals surface area contributed by atoms with Crippen molar-refractivity contribution in [3.63, 3.8) is 0 Å². The number of anilines is 1. The average molecular weight is 168 g/mol. The van der Waals surface area contributed by atoms with Crippen LogP contribution in [0.2, 0.25) is 0 Å². The Labute approximate surface area is 70.3 Å². The van der Waals surface area contributed by atoms with Crippen molar-refractivity contribution in [1.82, 2.24) is 15.2 Å². The largest absolute Gasteiger partial charge is 0.381 e. The fraction of sp³-hybridized carbons (Fsp3) is 0.714. The maximum Gasteiger partial charge on any atom is 0.239 e. The van der Waals surface area contributed by atoms with E-state index in [1.54, 1.807) is 0 Å². The first-order valence-electron chi connectivity index (χ1n) is 4.12. The first-order valence-corrected chi connectivity index (χ1v) is 4.12. The molecule has 0 amide bonds. The predicted octanol–water partition coefficient (Wildman–Crippen LogP) is 0.281. The van der Waals surface area contributed by atoms with Gasteiger partial charge in [-0.1, -0.05) is 0 Å². The second-order valence-electron chi connectivity index (χ2n) is 2.99. The number of hydrogen-bond acceptors (Lipinski definition) is 4. The molecular formula is C7H12N4O. The number of ether oxygens (including phenoxy) is 1. The van der Waals surface area contributed by atoms with Crippen LogP contribution in [0.5, 0.6) is 0 Å². The van der Waals surface area contributed by atoms with Crippen LogP contribution in [0.4, 0.5) is 5.95 Å². The van der Waals surface area contributed by atoms with Crippen molar-refractivity contribution >= 4 is 5.95 Å². The van der Waals surface area contributed by atoms with E-state index in [4.69, 9.17) is 10.5 Å². The SMILES string of the molecule is Nc1n[nH]c(C2CCCOC2)n1. The van der Waals surface area contributed by atoms with E-state index < -0.39 is 0 Å². The summed E-state index contributed by atoms with van der Waals surface area (Å²) >= 11 is 0. The molecule has 2 heterocycles. The highest BCUT2D eigenvalue weighted by Crippen LogP contribution is 2.22. The lowest BCUT2D eigenvalue weighted by Gasteiger charge is -2.19. The number of nitrogens with one attached hydrogen (secondary N) is 1. The van der Waals surface area contributed by atoms with Crippen LogP contribution in [0.15, 0.2) is 0 Å². The molecule has 0 aromatic carbocycles. The second-order valence-corrected chi connectivity index (χ2v) is 2.99. The summed E-state index contributed by atoms with van der Waals surface area (Å²) in [5.74, 6) is 1.52. The van der Waals surface area contributed by atoms with E-state index in [0.717, 1.165) is 31.9 Å². The van der Waals surface area contributed by atoms with E-state index in [9.17, 15) is 0 Å². The topological polar surface area (TPSA) is 76.8 Å². The third kappa shape index (κ3) is 1.40. The molecular weight excluding hydrogens is 156 g/mol. The fourth-order valence-electron chi connectivity index (χ4n) is 1.43. The number of hydrogen-bond donors (Lipinski definition) is 2.